The molecule has 4 aromatic rings. The largest absolute Gasteiger partial charge is 0.476 e. The van der Waals surface area contributed by atoms with Gasteiger partial charge in [0.1, 0.15) is 23.9 Å². The molecule has 7 nitrogen and oxygen atoms in total. The zero-order valence-electron chi connectivity index (χ0n) is 19.7. The lowest BCUT2D eigenvalue weighted by molar-refractivity contribution is 0.232. The molecule has 2 aliphatic rings. The van der Waals surface area contributed by atoms with Crippen LogP contribution in [0.5, 0.6) is 5.88 Å². The second-order valence-electron chi connectivity index (χ2n) is 9.27. The number of anilines is 1. The molecule has 3 aromatic heterocycles. The smallest absolute Gasteiger partial charge is 0.213 e. The molecule has 0 saturated carbocycles. The van der Waals surface area contributed by atoms with E-state index >= 15 is 0 Å². The van der Waals surface area contributed by atoms with Crippen molar-refractivity contribution in [3.05, 3.63) is 72.2 Å². The van der Waals surface area contributed by atoms with Crippen LogP contribution in [0.2, 0.25) is 0 Å². The maximum absolute atomic E-state index is 13.9. The van der Waals surface area contributed by atoms with Gasteiger partial charge in [0.25, 0.3) is 0 Å². The fourth-order valence-corrected chi connectivity index (χ4v) is 5.22. The summed E-state index contributed by atoms with van der Waals surface area (Å²) in [7, 11) is 0. The predicted molar refractivity (Wildman–Crippen MR) is 133 cm³/mol. The molecule has 35 heavy (non-hydrogen) atoms. The first-order valence-electron chi connectivity index (χ1n) is 12.4. The highest BCUT2D eigenvalue weighted by Gasteiger charge is 2.28. The summed E-state index contributed by atoms with van der Waals surface area (Å²) >= 11 is 0. The molecule has 0 N–H and O–H groups in total. The van der Waals surface area contributed by atoms with E-state index in [0.717, 1.165) is 67.4 Å². The van der Waals surface area contributed by atoms with Gasteiger partial charge in [0.05, 0.1) is 17.9 Å². The molecule has 5 heterocycles. The Morgan fingerprint density at radius 3 is 2.74 bits per heavy atom. The third-order valence-corrected chi connectivity index (χ3v) is 6.97. The van der Waals surface area contributed by atoms with Gasteiger partial charge in [-0.1, -0.05) is 18.2 Å². The summed E-state index contributed by atoms with van der Waals surface area (Å²) < 4.78 is 21.7. The number of halogens is 1. The summed E-state index contributed by atoms with van der Waals surface area (Å²) in [5.74, 6) is 1.25. The number of imidazole rings is 1. The first-order chi connectivity index (χ1) is 17.2. The van der Waals surface area contributed by atoms with Crippen molar-refractivity contribution in [3.8, 4) is 17.3 Å². The molecule has 1 atom stereocenters. The maximum atomic E-state index is 13.9. The van der Waals surface area contributed by atoms with Gasteiger partial charge in [-0.15, -0.1) is 5.10 Å². The summed E-state index contributed by atoms with van der Waals surface area (Å²) in [5, 5.41) is 4.93. The average molecular weight is 473 g/mol. The van der Waals surface area contributed by atoms with Gasteiger partial charge in [0, 0.05) is 19.2 Å². The zero-order chi connectivity index (χ0) is 23.6. The number of rotatable bonds is 7. The summed E-state index contributed by atoms with van der Waals surface area (Å²) in [4.78, 5) is 14.0. The lowest BCUT2D eigenvalue weighted by Gasteiger charge is -2.26. The van der Waals surface area contributed by atoms with Crippen LogP contribution >= 0.6 is 0 Å². The summed E-state index contributed by atoms with van der Waals surface area (Å²) in [6.07, 6.45) is 6.36. The molecular formula is C27H29FN6O. The molecular weight excluding hydrogens is 443 g/mol. The van der Waals surface area contributed by atoms with Crippen LogP contribution in [0.3, 0.4) is 0 Å². The van der Waals surface area contributed by atoms with Gasteiger partial charge >= 0.3 is 0 Å². The highest BCUT2D eigenvalue weighted by Crippen LogP contribution is 2.35. The highest BCUT2D eigenvalue weighted by molar-refractivity contribution is 5.61. The summed E-state index contributed by atoms with van der Waals surface area (Å²) in [5.41, 5.74) is 3.32. The molecule has 0 aliphatic carbocycles. The number of aromatic nitrogens is 4. The minimum absolute atomic E-state index is 0.105. The van der Waals surface area contributed by atoms with Crippen LogP contribution < -0.4 is 9.64 Å². The Morgan fingerprint density at radius 1 is 0.971 bits per heavy atom. The molecule has 0 spiro atoms. The Labute approximate surface area is 204 Å². The number of hydrogen-bond donors (Lipinski definition) is 0. The normalized spacial score (nSPS) is 18.5. The van der Waals surface area contributed by atoms with E-state index in [4.69, 9.17) is 14.8 Å². The molecule has 6 rings (SSSR count). The van der Waals surface area contributed by atoms with Crippen molar-refractivity contribution in [2.45, 2.75) is 31.7 Å². The van der Waals surface area contributed by atoms with E-state index in [0.29, 0.717) is 12.5 Å². The van der Waals surface area contributed by atoms with Crippen LogP contribution in [0.25, 0.3) is 17.0 Å². The Morgan fingerprint density at radius 2 is 1.86 bits per heavy atom. The molecule has 0 bridgehead atoms. The van der Waals surface area contributed by atoms with Crippen LogP contribution in [0.4, 0.5) is 10.2 Å². The van der Waals surface area contributed by atoms with E-state index in [-0.39, 0.29) is 11.9 Å². The van der Waals surface area contributed by atoms with Gasteiger partial charge in [-0.25, -0.2) is 18.9 Å². The van der Waals surface area contributed by atoms with Gasteiger partial charge in [-0.2, -0.15) is 0 Å². The fraction of sp³-hybridized carbons (Fsp3) is 0.370. The lowest BCUT2D eigenvalue weighted by atomic mass is 10.0. The highest BCUT2D eigenvalue weighted by atomic mass is 19.1. The van der Waals surface area contributed by atoms with E-state index in [1.165, 1.54) is 18.9 Å². The van der Waals surface area contributed by atoms with Crippen molar-refractivity contribution in [2.75, 3.05) is 37.7 Å². The molecule has 0 amide bonds. The first-order valence-corrected chi connectivity index (χ1v) is 12.4. The Balaban J connectivity index is 1.25. The van der Waals surface area contributed by atoms with E-state index in [9.17, 15) is 4.39 Å². The average Bonchev–Trinajstić information content (AvgIpc) is 3.65. The Hall–Kier alpha value is -3.52. The quantitative estimate of drug-likeness (QED) is 0.387. The van der Waals surface area contributed by atoms with Gasteiger partial charge in [0.15, 0.2) is 5.65 Å². The van der Waals surface area contributed by atoms with Gasteiger partial charge in [-0.05, 0) is 74.7 Å². The lowest BCUT2D eigenvalue weighted by Crippen LogP contribution is -2.25. The molecule has 2 saturated heterocycles. The van der Waals surface area contributed by atoms with E-state index in [1.54, 1.807) is 18.3 Å². The van der Waals surface area contributed by atoms with E-state index < -0.39 is 0 Å². The second kappa shape index (κ2) is 9.62. The predicted octanol–water partition coefficient (Wildman–Crippen LogP) is 4.75. The number of pyridine rings is 1. The fourth-order valence-electron chi connectivity index (χ4n) is 5.22. The number of benzene rings is 1. The number of fused-ring (bicyclic) bond motifs is 1. The third kappa shape index (κ3) is 4.58. The van der Waals surface area contributed by atoms with Crippen LogP contribution in [0.1, 0.15) is 37.3 Å². The summed E-state index contributed by atoms with van der Waals surface area (Å²) in [6, 6.07) is 16.8. The molecule has 2 aliphatic heterocycles. The van der Waals surface area contributed by atoms with Crippen molar-refractivity contribution in [2.24, 2.45) is 0 Å². The number of nitrogens with zero attached hydrogens (tertiary/aromatic N) is 6. The van der Waals surface area contributed by atoms with Crippen LogP contribution in [-0.2, 0) is 0 Å². The minimum atomic E-state index is -0.205. The Bertz CT molecular complexity index is 1320. The SMILES string of the molecule is Fc1cccc(C2CCCN2c2ccc3ncc(-c4cccc(OCCN5CCCC5)n4)n3n2)c1. The van der Waals surface area contributed by atoms with Crippen molar-refractivity contribution in [3.63, 3.8) is 0 Å². The van der Waals surface area contributed by atoms with Crippen molar-refractivity contribution >= 4 is 11.5 Å². The second-order valence-corrected chi connectivity index (χ2v) is 9.27. The third-order valence-electron chi connectivity index (χ3n) is 6.97. The van der Waals surface area contributed by atoms with Crippen molar-refractivity contribution in [1.82, 2.24) is 24.5 Å². The van der Waals surface area contributed by atoms with Crippen LogP contribution in [0, 0.1) is 5.82 Å². The zero-order valence-corrected chi connectivity index (χ0v) is 19.7. The number of likely N-dealkylation sites (tertiary alicyclic amines) is 1. The molecule has 8 heteroatoms. The molecule has 0 radical (unpaired) electrons. The Kier molecular flexibility index (Phi) is 6.04. The van der Waals surface area contributed by atoms with Crippen molar-refractivity contribution in [1.29, 1.82) is 0 Å². The molecule has 1 unspecified atom stereocenters. The minimum Gasteiger partial charge on any atom is -0.476 e. The van der Waals surface area contributed by atoms with Crippen LogP contribution in [0.15, 0.2) is 60.8 Å². The maximum Gasteiger partial charge on any atom is 0.213 e. The standard InChI is InChI=1S/C27H29FN6O/c28-21-7-3-6-20(18-21)23-9-5-15-33(23)26-12-11-25-29-19-24(34(25)31-26)22-8-4-10-27(30-22)35-17-16-32-13-1-2-14-32/h3-4,6-8,10-12,18-19,23H,1-2,5,9,13-17H2. The molecule has 180 valence electrons. The molecule has 2 fully saturated rings. The molecule has 1 aromatic carbocycles. The van der Waals surface area contributed by atoms with E-state index in [2.05, 4.69) is 14.8 Å². The first kappa shape index (κ1) is 22.0. The monoisotopic (exact) mass is 472 g/mol. The number of ether oxygens (including phenoxy) is 1. The van der Waals surface area contributed by atoms with Gasteiger partial charge in [0.2, 0.25) is 5.88 Å². The topological polar surface area (TPSA) is 58.8 Å². The van der Waals surface area contributed by atoms with Gasteiger partial charge in [-0.3, -0.25) is 4.90 Å². The van der Waals surface area contributed by atoms with Gasteiger partial charge < -0.3 is 9.64 Å². The summed E-state index contributed by atoms with van der Waals surface area (Å²) in [6.45, 7) is 4.74. The number of hydrogen-bond acceptors (Lipinski definition) is 6. The van der Waals surface area contributed by atoms with Crippen LogP contribution in [-0.4, -0.2) is 57.3 Å². The van der Waals surface area contributed by atoms with E-state index in [1.807, 2.05) is 40.9 Å². The van der Waals surface area contributed by atoms with Crippen molar-refractivity contribution < 1.29 is 9.13 Å².